The fourth-order valence-electron chi connectivity index (χ4n) is 11.5. The topological polar surface area (TPSA) is 158 Å². The number of ether oxygens (including phenoxy) is 5. The van der Waals surface area contributed by atoms with Crippen molar-refractivity contribution >= 4 is 23.4 Å². The number of aliphatic hydroxyl groups is 2. The van der Waals surface area contributed by atoms with Crippen LogP contribution in [0.3, 0.4) is 0 Å². The van der Waals surface area contributed by atoms with Crippen molar-refractivity contribution in [2.24, 2.45) is 22.9 Å². The number of anilines is 1. The summed E-state index contributed by atoms with van der Waals surface area (Å²) in [6.45, 7) is 6.84. The largest absolute Gasteiger partial charge is 0.497 e. The second kappa shape index (κ2) is 29.3. The summed E-state index contributed by atoms with van der Waals surface area (Å²) in [5.41, 5.74) is 4.40. The molecule has 0 radical (unpaired) electrons. The first kappa shape index (κ1) is 57.5. The fraction of sp³-hybridized carbons (Fsp3) is 0.500. The van der Waals surface area contributed by atoms with E-state index in [1.54, 1.807) is 49.6 Å². The summed E-state index contributed by atoms with van der Waals surface area (Å²) in [4.78, 5) is 37.3. The van der Waals surface area contributed by atoms with Gasteiger partial charge in [0, 0.05) is 50.1 Å². The van der Waals surface area contributed by atoms with E-state index in [0.29, 0.717) is 54.3 Å². The minimum atomic E-state index is -1.53. The van der Waals surface area contributed by atoms with Crippen molar-refractivity contribution < 1.29 is 52.7 Å². The molecule has 4 aromatic carbocycles. The van der Waals surface area contributed by atoms with Crippen LogP contribution in [-0.2, 0) is 27.5 Å². The molecule has 410 valence electrons. The van der Waals surface area contributed by atoms with Crippen molar-refractivity contribution in [1.82, 2.24) is 4.90 Å². The highest BCUT2D eigenvalue weighted by Gasteiger charge is 2.65. The first-order chi connectivity index (χ1) is 37.2. The molecule has 14 heteroatoms. The Morgan fingerprint density at radius 2 is 1.54 bits per heavy atom. The number of hydrogen-bond donors (Lipinski definition) is 3. The van der Waals surface area contributed by atoms with Crippen molar-refractivity contribution in [3.05, 3.63) is 138 Å². The van der Waals surface area contributed by atoms with Crippen LogP contribution in [0.5, 0.6) is 23.0 Å². The van der Waals surface area contributed by atoms with Gasteiger partial charge in [0.05, 0.1) is 38.1 Å². The van der Waals surface area contributed by atoms with Gasteiger partial charge >= 0.3 is 6.09 Å². The maximum absolute atomic E-state index is 15.3. The third-order valence-corrected chi connectivity index (χ3v) is 15.2. The summed E-state index contributed by atoms with van der Waals surface area (Å²) in [6, 6.07) is 25.7. The Labute approximate surface area is 449 Å². The lowest BCUT2D eigenvalue weighted by Crippen LogP contribution is -2.70. The van der Waals surface area contributed by atoms with Crippen LogP contribution in [0.1, 0.15) is 139 Å². The van der Waals surface area contributed by atoms with E-state index >= 15 is 4.79 Å². The average molecular weight is 1050 g/mol. The zero-order valence-electron chi connectivity index (χ0n) is 44.9. The Morgan fingerprint density at radius 3 is 2.24 bits per heavy atom. The number of rotatable bonds is 31. The van der Waals surface area contributed by atoms with E-state index in [4.69, 9.17) is 33.7 Å². The number of nitrogens with one attached hydrogen (secondary N) is 1. The van der Waals surface area contributed by atoms with Gasteiger partial charge in [-0.3, -0.25) is 10.1 Å². The predicted octanol–water partition coefficient (Wildman–Crippen LogP) is 13.2. The first-order valence-corrected chi connectivity index (χ1v) is 27.7. The fourth-order valence-corrected chi connectivity index (χ4v) is 11.5. The van der Waals surface area contributed by atoms with E-state index in [1.165, 1.54) is 51.3 Å². The number of aliphatic hydroxyl groups excluding tert-OH is 2. The zero-order valence-corrected chi connectivity index (χ0v) is 44.9. The number of oxime groups is 1. The number of hydrogen-bond acceptors (Lipinski definition) is 11. The molecule has 76 heavy (non-hydrogen) atoms. The van der Waals surface area contributed by atoms with Gasteiger partial charge in [0.2, 0.25) is 11.7 Å². The molecule has 1 heterocycles. The number of unbranched alkanes of at least 4 members (excludes halogenated alkanes) is 10. The Bertz CT molecular complexity index is 2540. The molecule has 1 aliphatic heterocycles. The van der Waals surface area contributed by atoms with Gasteiger partial charge in [0.25, 0.3) is 0 Å². The van der Waals surface area contributed by atoms with Gasteiger partial charge < -0.3 is 43.6 Å². The molecule has 7 rings (SSSR count). The van der Waals surface area contributed by atoms with Gasteiger partial charge in [0.15, 0.2) is 0 Å². The van der Waals surface area contributed by atoms with E-state index in [0.717, 1.165) is 60.8 Å². The lowest BCUT2D eigenvalue weighted by atomic mass is 9.55. The summed E-state index contributed by atoms with van der Waals surface area (Å²) in [6.07, 6.45) is 17.8. The second-order valence-electron chi connectivity index (χ2n) is 20.3. The van der Waals surface area contributed by atoms with Gasteiger partial charge in [-0.2, -0.15) is 0 Å². The molecule has 13 nitrogen and oxygen atoms in total. The van der Waals surface area contributed by atoms with E-state index in [-0.39, 0.29) is 81.0 Å². The molecule has 2 amide bonds. The molecule has 3 N–H and O–H groups in total. The highest BCUT2D eigenvalue weighted by molar-refractivity contribution is 6.03. The van der Waals surface area contributed by atoms with Crippen molar-refractivity contribution in [1.29, 1.82) is 0 Å². The van der Waals surface area contributed by atoms with Crippen LogP contribution in [-0.4, -0.2) is 78.7 Å². The molecule has 0 bridgehead atoms. The zero-order chi connectivity index (χ0) is 53.7. The summed E-state index contributed by atoms with van der Waals surface area (Å²) in [5, 5.41) is 28.0. The number of nitrogens with zero attached hydrogens (tertiary/aromatic N) is 2. The molecular formula is C62H80FN3O10. The van der Waals surface area contributed by atoms with Crippen LogP contribution < -0.4 is 24.3 Å². The second-order valence-corrected chi connectivity index (χ2v) is 20.3. The maximum atomic E-state index is 15.3. The molecule has 0 saturated heterocycles. The summed E-state index contributed by atoms with van der Waals surface area (Å²) in [7, 11) is 3.06. The molecule has 6 atom stereocenters. The standard InChI is InChI=1S/C62H80FN3O10/c1-5-7-8-9-10-11-12-13-17-26-58(69)66(42-44-27-29-47(63)30-28-44)57-41-54(65-74-43-45-22-15-14-16-23-45)51-38-46(24-18-20-35-67)50(25-19-21-36-68)59-52-39-49(32-34-55(52)76-62(57,60(51)59)73-37-6-2)75-61(70)64-53-33-31-48(71-3)40-56(53)72-4/h6,14-16,22-23,27-34,38-40,46,50,57,59-60,67-68H,2,5,7-13,17-21,24-26,35-37,41-43H2,1,3-4H3,(H,64,70)/t46-,50+,57-,59+,60+,62+/m0/s1. The average Bonchev–Trinajstić information content (AvgIpc) is 3.44. The molecule has 0 spiro atoms. The van der Waals surface area contributed by atoms with Crippen LogP contribution >= 0.6 is 0 Å². The first-order valence-electron chi connectivity index (χ1n) is 27.7. The van der Waals surface area contributed by atoms with E-state index < -0.39 is 23.8 Å². The molecule has 3 aliphatic rings. The number of carbonyl (C=O) groups excluding carboxylic acids is 2. The minimum absolute atomic E-state index is 0.0283. The van der Waals surface area contributed by atoms with Crippen LogP contribution in [0.4, 0.5) is 14.9 Å². The Morgan fingerprint density at radius 1 is 0.829 bits per heavy atom. The molecule has 4 aromatic rings. The lowest BCUT2D eigenvalue weighted by molar-refractivity contribution is -0.258. The SMILES string of the molecule is C=CCO[C@@]12Oc3ccc(OC(=O)Nc4ccc(OC)cc4OC)cc3[C@H]3[C@H](CCCCO)[C@@H](CCCCO)C=C(C(=NOCc4ccccc4)C[C@@H]1N(Cc1ccc(F)cc1)C(=O)CCCCCCCCCCC)[C@H]32. The molecule has 2 aliphatic carbocycles. The smallest absolute Gasteiger partial charge is 0.417 e. The van der Waals surface area contributed by atoms with E-state index in [1.807, 2.05) is 47.4 Å². The van der Waals surface area contributed by atoms with Crippen LogP contribution in [0.2, 0.25) is 0 Å². The Balaban J connectivity index is 1.36. The van der Waals surface area contributed by atoms with Crippen molar-refractivity contribution in [2.75, 3.05) is 39.4 Å². The maximum Gasteiger partial charge on any atom is 0.417 e. The third-order valence-electron chi connectivity index (χ3n) is 15.2. The monoisotopic (exact) mass is 1050 g/mol. The molecule has 1 saturated carbocycles. The number of halogens is 1. The summed E-state index contributed by atoms with van der Waals surface area (Å²) >= 11 is 0. The van der Waals surface area contributed by atoms with Gasteiger partial charge in [-0.25, -0.2) is 9.18 Å². The Kier molecular flexibility index (Phi) is 22.2. The van der Waals surface area contributed by atoms with E-state index in [9.17, 15) is 19.4 Å². The van der Waals surface area contributed by atoms with Crippen LogP contribution in [0.15, 0.2) is 120 Å². The van der Waals surface area contributed by atoms with Crippen molar-refractivity contribution in [2.45, 2.75) is 147 Å². The van der Waals surface area contributed by atoms with Crippen LogP contribution in [0.25, 0.3) is 0 Å². The van der Waals surface area contributed by atoms with Gasteiger partial charge in [0.1, 0.15) is 41.5 Å². The molecular weight excluding hydrogens is 966 g/mol. The van der Waals surface area contributed by atoms with E-state index in [2.05, 4.69) is 24.9 Å². The summed E-state index contributed by atoms with van der Waals surface area (Å²) in [5.74, 6) is -1.33. The number of fused-ring (bicyclic) bond motifs is 2. The van der Waals surface area contributed by atoms with Crippen LogP contribution in [0, 0.1) is 23.6 Å². The highest BCUT2D eigenvalue weighted by atomic mass is 19.1. The van der Waals surface area contributed by atoms with Crippen molar-refractivity contribution in [3.63, 3.8) is 0 Å². The summed E-state index contributed by atoms with van der Waals surface area (Å²) < 4.78 is 46.3. The Hall–Kier alpha value is -6.22. The highest BCUT2D eigenvalue weighted by Crippen LogP contribution is 2.62. The molecule has 0 aromatic heterocycles. The number of carbonyl (C=O) groups is 2. The minimum Gasteiger partial charge on any atom is -0.497 e. The number of allylic oxidation sites excluding steroid dienone is 1. The van der Waals surface area contributed by atoms with Gasteiger partial charge in [-0.15, -0.1) is 6.58 Å². The quantitative estimate of drug-likeness (QED) is 0.0252. The van der Waals surface area contributed by atoms with Gasteiger partial charge in [-0.1, -0.05) is 131 Å². The lowest BCUT2D eigenvalue weighted by Gasteiger charge is -2.60. The van der Waals surface area contributed by atoms with Crippen molar-refractivity contribution in [3.8, 4) is 23.0 Å². The normalized spacial score (nSPS) is 20.8. The number of methoxy groups -OCH3 is 2. The number of benzene rings is 4. The number of amides is 2. The van der Waals surface area contributed by atoms with Gasteiger partial charge in [-0.05, 0) is 103 Å². The molecule has 1 fully saturated rings. The predicted molar refractivity (Wildman–Crippen MR) is 294 cm³/mol. The molecule has 0 unspecified atom stereocenters. The third kappa shape index (κ3) is 14.8.